The monoisotopic (exact) mass is 619 g/mol. The molecule has 0 amide bonds. The number of thiazole rings is 1. The van der Waals surface area contributed by atoms with E-state index in [4.69, 9.17) is 14.6 Å². The van der Waals surface area contributed by atoms with E-state index in [9.17, 15) is 4.79 Å². The summed E-state index contributed by atoms with van der Waals surface area (Å²) < 4.78 is 15.5. The Bertz CT molecular complexity index is 1990. The molecule has 0 spiro atoms. The van der Waals surface area contributed by atoms with Crippen molar-refractivity contribution in [1.82, 2.24) is 24.4 Å². The fourth-order valence-electron chi connectivity index (χ4n) is 5.12. The molecule has 0 atom stereocenters. The maximum absolute atomic E-state index is 13.5. The van der Waals surface area contributed by atoms with Crippen LogP contribution in [0.25, 0.3) is 39.4 Å². The third kappa shape index (κ3) is 6.83. The second-order valence-corrected chi connectivity index (χ2v) is 12.0. The number of aromatic nitrogens is 5. The quantitative estimate of drug-likeness (QED) is 0.126. The van der Waals surface area contributed by atoms with Gasteiger partial charge in [-0.2, -0.15) is 14.6 Å². The minimum atomic E-state index is -0.210. The lowest BCUT2D eigenvalue weighted by molar-refractivity contribution is 0.305. The molecule has 3 heterocycles. The number of nitrogens with zero attached hydrogens (tertiary/aromatic N) is 5. The van der Waals surface area contributed by atoms with Gasteiger partial charge in [-0.25, -0.2) is 4.68 Å². The number of hydrogen-bond donors (Lipinski definition) is 0. The summed E-state index contributed by atoms with van der Waals surface area (Å²) in [5.74, 6) is 2.20. The minimum absolute atomic E-state index is 0.210. The Morgan fingerprint density at radius 2 is 1.64 bits per heavy atom. The molecule has 8 nitrogen and oxygen atoms in total. The molecule has 0 unspecified atom stereocenters. The topological polar surface area (TPSA) is 83.5 Å². The van der Waals surface area contributed by atoms with Crippen LogP contribution >= 0.6 is 11.3 Å². The van der Waals surface area contributed by atoms with Crippen molar-refractivity contribution in [1.29, 1.82) is 0 Å². The molecule has 0 aliphatic rings. The van der Waals surface area contributed by atoms with Crippen molar-refractivity contribution >= 4 is 22.4 Å². The second-order valence-electron chi connectivity index (χ2n) is 11.0. The molecule has 0 aliphatic heterocycles. The Hall–Kier alpha value is -4.76. The highest BCUT2D eigenvalue weighted by Crippen LogP contribution is 2.29. The summed E-state index contributed by atoms with van der Waals surface area (Å²) in [6.45, 7) is 7.71. The van der Waals surface area contributed by atoms with Gasteiger partial charge < -0.3 is 9.47 Å². The Labute approximate surface area is 266 Å². The van der Waals surface area contributed by atoms with E-state index in [1.54, 1.807) is 0 Å². The van der Waals surface area contributed by atoms with Crippen LogP contribution in [0.3, 0.4) is 0 Å². The lowest BCUT2D eigenvalue weighted by Crippen LogP contribution is -2.23. The molecule has 9 heteroatoms. The third-order valence-corrected chi connectivity index (χ3v) is 8.48. The first kappa shape index (κ1) is 30.3. The van der Waals surface area contributed by atoms with Gasteiger partial charge in [-0.3, -0.25) is 4.79 Å². The average molecular weight is 620 g/mol. The van der Waals surface area contributed by atoms with Crippen LogP contribution in [0, 0.1) is 6.92 Å². The predicted octanol–water partition coefficient (Wildman–Crippen LogP) is 7.27. The Morgan fingerprint density at radius 3 is 2.38 bits per heavy atom. The number of aryl methyl sites for hydroxylation is 1. The summed E-state index contributed by atoms with van der Waals surface area (Å²) in [6.07, 6.45) is 9.45. The van der Waals surface area contributed by atoms with E-state index in [1.165, 1.54) is 35.1 Å². The molecule has 3 aromatic carbocycles. The molecule has 0 aliphatic carbocycles. The SMILES string of the molecule is CCCCCCOc1ccc(-c2nc3s/c(=C/c4cn(-c5ccccc5)nc4-c4ccc(OCCC)c(C)c4)c(=O)n3n2)cc1. The van der Waals surface area contributed by atoms with E-state index in [2.05, 4.69) is 30.0 Å². The van der Waals surface area contributed by atoms with Crippen molar-refractivity contribution in [3.05, 3.63) is 105 Å². The average Bonchev–Trinajstić information content (AvgIpc) is 3.76. The summed E-state index contributed by atoms with van der Waals surface area (Å²) in [5, 5.41) is 9.50. The van der Waals surface area contributed by atoms with Crippen LogP contribution in [0.4, 0.5) is 0 Å². The molecule has 0 saturated carbocycles. The Balaban J connectivity index is 1.31. The van der Waals surface area contributed by atoms with Gasteiger partial charge in [0.1, 0.15) is 17.2 Å². The molecule has 3 aromatic heterocycles. The highest BCUT2D eigenvalue weighted by atomic mass is 32.1. The molecule has 0 N–H and O–H groups in total. The van der Waals surface area contributed by atoms with Gasteiger partial charge in [0.15, 0.2) is 5.82 Å². The predicted molar refractivity (Wildman–Crippen MR) is 181 cm³/mol. The second kappa shape index (κ2) is 13.9. The summed E-state index contributed by atoms with van der Waals surface area (Å²) in [7, 11) is 0. The molecule has 0 bridgehead atoms. The first-order valence-corrected chi connectivity index (χ1v) is 16.4. The number of ether oxygens (including phenoxy) is 2. The fourth-order valence-corrected chi connectivity index (χ4v) is 6.02. The number of benzene rings is 3. The Kier molecular flexibility index (Phi) is 9.35. The smallest absolute Gasteiger partial charge is 0.291 e. The van der Waals surface area contributed by atoms with E-state index >= 15 is 0 Å². The number of fused-ring (bicyclic) bond motifs is 1. The maximum atomic E-state index is 13.5. The summed E-state index contributed by atoms with van der Waals surface area (Å²) in [4.78, 5) is 18.8. The molecular weight excluding hydrogens is 582 g/mol. The third-order valence-electron chi connectivity index (χ3n) is 7.52. The van der Waals surface area contributed by atoms with Crippen molar-refractivity contribution < 1.29 is 9.47 Å². The summed E-state index contributed by atoms with van der Waals surface area (Å²) in [5.41, 5.74) is 5.13. The molecule has 230 valence electrons. The summed E-state index contributed by atoms with van der Waals surface area (Å²) >= 11 is 1.32. The molecule has 6 rings (SSSR count). The van der Waals surface area contributed by atoms with Gasteiger partial charge in [0.2, 0.25) is 4.96 Å². The van der Waals surface area contributed by atoms with E-state index in [-0.39, 0.29) is 5.56 Å². The van der Waals surface area contributed by atoms with Gasteiger partial charge in [-0.05, 0) is 86.0 Å². The van der Waals surface area contributed by atoms with E-state index in [1.807, 2.05) is 90.6 Å². The minimum Gasteiger partial charge on any atom is -0.494 e. The first-order chi connectivity index (χ1) is 22.0. The number of para-hydroxylation sites is 1. The molecule has 0 radical (unpaired) electrons. The number of unbranched alkanes of at least 4 members (excludes halogenated alkanes) is 3. The van der Waals surface area contributed by atoms with Crippen LogP contribution in [-0.4, -0.2) is 37.6 Å². The van der Waals surface area contributed by atoms with Gasteiger partial charge in [-0.15, -0.1) is 5.10 Å². The van der Waals surface area contributed by atoms with Crippen LogP contribution in [-0.2, 0) is 0 Å². The lowest BCUT2D eigenvalue weighted by Gasteiger charge is -2.09. The van der Waals surface area contributed by atoms with Gasteiger partial charge >= 0.3 is 0 Å². The van der Waals surface area contributed by atoms with Crippen LogP contribution in [0.15, 0.2) is 83.8 Å². The fraction of sp³-hybridized carbons (Fsp3) is 0.278. The van der Waals surface area contributed by atoms with Gasteiger partial charge in [0.25, 0.3) is 5.56 Å². The van der Waals surface area contributed by atoms with Crippen LogP contribution < -0.4 is 19.6 Å². The molecular formula is C36H37N5O3S. The highest BCUT2D eigenvalue weighted by molar-refractivity contribution is 7.15. The van der Waals surface area contributed by atoms with Crippen molar-refractivity contribution in [3.8, 4) is 39.8 Å². The van der Waals surface area contributed by atoms with Crippen LogP contribution in [0.2, 0.25) is 0 Å². The van der Waals surface area contributed by atoms with Crippen molar-refractivity contribution in [3.63, 3.8) is 0 Å². The standard InChI is InChI=1S/C36H37N5O3S/c1-4-6-7-11-21-43-30-17-14-26(15-18-30)34-37-36-41(39-34)35(42)32(45-36)23-28-24-40(29-12-9-8-10-13-29)38-33(28)27-16-19-31(25(3)22-27)44-20-5-2/h8-10,12-19,22-24H,4-7,11,20-21H2,1-3H3/b32-23+. The highest BCUT2D eigenvalue weighted by Gasteiger charge is 2.16. The van der Waals surface area contributed by atoms with Gasteiger partial charge in [0.05, 0.1) is 23.4 Å². The van der Waals surface area contributed by atoms with Gasteiger partial charge in [-0.1, -0.05) is 62.6 Å². The van der Waals surface area contributed by atoms with Gasteiger partial charge in [0, 0.05) is 22.9 Å². The molecule has 6 aromatic rings. The molecule has 0 fully saturated rings. The van der Waals surface area contributed by atoms with Crippen LogP contribution in [0.1, 0.15) is 57.1 Å². The molecule has 0 saturated heterocycles. The summed E-state index contributed by atoms with van der Waals surface area (Å²) in [6, 6.07) is 23.7. The van der Waals surface area contributed by atoms with E-state index < -0.39 is 0 Å². The van der Waals surface area contributed by atoms with E-state index in [0.717, 1.165) is 58.0 Å². The zero-order valence-corrected chi connectivity index (χ0v) is 26.7. The van der Waals surface area contributed by atoms with E-state index in [0.29, 0.717) is 28.5 Å². The van der Waals surface area contributed by atoms with Crippen molar-refractivity contribution in [2.75, 3.05) is 13.2 Å². The van der Waals surface area contributed by atoms with Crippen LogP contribution in [0.5, 0.6) is 11.5 Å². The maximum Gasteiger partial charge on any atom is 0.291 e. The normalized spacial score (nSPS) is 11.8. The first-order valence-electron chi connectivity index (χ1n) is 15.6. The molecule has 45 heavy (non-hydrogen) atoms. The number of hydrogen-bond acceptors (Lipinski definition) is 7. The number of rotatable bonds is 13. The Morgan fingerprint density at radius 1 is 0.844 bits per heavy atom. The van der Waals surface area contributed by atoms with Crippen molar-refractivity contribution in [2.45, 2.75) is 52.9 Å². The lowest BCUT2D eigenvalue weighted by atomic mass is 10.0. The zero-order chi connectivity index (χ0) is 31.2. The van der Waals surface area contributed by atoms with Crippen molar-refractivity contribution in [2.24, 2.45) is 0 Å². The largest absolute Gasteiger partial charge is 0.494 e. The zero-order valence-electron chi connectivity index (χ0n) is 25.9.